The number of nitrogens with zero attached hydrogens (tertiary/aromatic N) is 1. The summed E-state index contributed by atoms with van der Waals surface area (Å²) in [5, 5.41) is 13.4. The number of likely N-dealkylation sites (N-methyl/N-ethyl adjacent to an activating group) is 1. The number of pyridine rings is 1. The molecule has 0 aliphatic rings. The molecule has 0 bridgehead atoms. The van der Waals surface area contributed by atoms with Crippen LogP contribution in [0.25, 0.3) is 0 Å². The molecule has 20 heavy (non-hydrogen) atoms. The van der Waals surface area contributed by atoms with Crippen LogP contribution < -0.4 is 5.32 Å². The molecule has 0 fully saturated rings. The average molecular weight is 288 g/mol. The maximum Gasteiger partial charge on any atom is 0.329 e. The molecule has 1 aromatic heterocycles. The number of carboxylic acid groups (broad SMARTS) is 1. The number of hydrogen-bond donors (Lipinski definition) is 2. The highest BCUT2D eigenvalue weighted by Crippen LogP contribution is 2.29. The molecule has 1 atom stereocenters. The smallest absolute Gasteiger partial charge is 0.329 e. The van der Waals surface area contributed by atoms with Gasteiger partial charge in [0.2, 0.25) is 0 Å². The number of carbonyl (C=O) groups is 1. The molecule has 2 rings (SSSR count). The van der Waals surface area contributed by atoms with Crippen molar-refractivity contribution in [1.29, 1.82) is 0 Å². The second-order valence-electron chi connectivity index (χ2n) is 4.28. The molecule has 0 amide bonds. The molecule has 4 nitrogen and oxygen atoms in total. The molecular weight excluding hydrogens is 272 g/mol. The molecule has 2 N–H and O–H groups in total. The fraction of sp³-hybridized carbons (Fsp3) is 0.200. The van der Waals surface area contributed by atoms with Gasteiger partial charge in [0.25, 0.3) is 0 Å². The Labute approximate surface area is 122 Å². The molecule has 1 unspecified atom stereocenters. The molecule has 0 aliphatic heterocycles. The summed E-state index contributed by atoms with van der Waals surface area (Å²) >= 11 is 1.42. The van der Waals surface area contributed by atoms with E-state index in [0.29, 0.717) is 5.75 Å². The van der Waals surface area contributed by atoms with Crippen LogP contribution in [-0.2, 0) is 10.3 Å². The Kier molecular flexibility index (Phi) is 4.76. The Hall–Kier alpha value is -1.85. The van der Waals surface area contributed by atoms with Crippen LogP contribution in [0.3, 0.4) is 0 Å². The molecule has 5 heteroatoms. The maximum absolute atomic E-state index is 11.8. The predicted octanol–water partition coefficient (Wildman–Crippen LogP) is 2.37. The lowest BCUT2D eigenvalue weighted by Gasteiger charge is -2.29. The number of rotatable bonds is 6. The Morgan fingerprint density at radius 3 is 2.50 bits per heavy atom. The highest BCUT2D eigenvalue weighted by molar-refractivity contribution is 7.99. The van der Waals surface area contributed by atoms with Crippen LogP contribution in [0.2, 0.25) is 0 Å². The fourth-order valence-corrected chi connectivity index (χ4v) is 3.04. The van der Waals surface area contributed by atoms with Crippen LogP contribution >= 0.6 is 11.8 Å². The van der Waals surface area contributed by atoms with Crippen molar-refractivity contribution in [2.45, 2.75) is 10.6 Å². The molecule has 1 aromatic carbocycles. The number of nitrogens with one attached hydrogen (secondary N) is 1. The third kappa shape index (κ3) is 3.00. The second kappa shape index (κ2) is 6.54. The van der Waals surface area contributed by atoms with Crippen LogP contribution in [0.1, 0.15) is 5.56 Å². The molecule has 2 aromatic rings. The summed E-state index contributed by atoms with van der Waals surface area (Å²) in [7, 11) is 1.67. The zero-order valence-electron chi connectivity index (χ0n) is 11.1. The fourth-order valence-electron chi connectivity index (χ4n) is 1.93. The van der Waals surface area contributed by atoms with Gasteiger partial charge >= 0.3 is 5.97 Å². The molecule has 0 saturated heterocycles. The van der Waals surface area contributed by atoms with E-state index in [0.717, 1.165) is 10.6 Å². The summed E-state index contributed by atoms with van der Waals surface area (Å²) in [4.78, 5) is 16.0. The third-order valence-electron chi connectivity index (χ3n) is 3.13. The molecule has 0 aliphatic carbocycles. The summed E-state index contributed by atoms with van der Waals surface area (Å²) in [6.45, 7) is 0. The molecule has 0 saturated carbocycles. The maximum atomic E-state index is 11.8. The SMILES string of the molecule is CNC(CSc1ccccn1)(C(=O)O)c1ccccc1. The Morgan fingerprint density at radius 1 is 1.25 bits per heavy atom. The first-order valence-electron chi connectivity index (χ1n) is 6.21. The normalized spacial score (nSPS) is 13.7. The van der Waals surface area contributed by atoms with E-state index in [1.54, 1.807) is 13.2 Å². The molecule has 104 valence electrons. The van der Waals surface area contributed by atoms with Crippen LogP contribution in [0.5, 0.6) is 0 Å². The van der Waals surface area contributed by atoms with Gasteiger partial charge in [0.15, 0.2) is 5.54 Å². The van der Waals surface area contributed by atoms with Crippen LogP contribution in [0, 0.1) is 0 Å². The zero-order chi connectivity index (χ0) is 14.4. The van der Waals surface area contributed by atoms with Gasteiger partial charge in [0.05, 0.1) is 5.03 Å². The van der Waals surface area contributed by atoms with Crippen molar-refractivity contribution in [3.63, 3.8) is 0 Å². The van der Waals surface area contributed by atoms with Crippen molar-refractivity contribution < 1.29 is 9.90 Å². The average Bonchev–Trinajstić information content (AvgIpc) is 2.50. The Balaban J connectivity index is 2.26. The molecule has 1 heterocycles. The van der Waals surface area contributed by atoms with Crippen molar-refractivity contribution in [2.24, 2.45) is 0 Å². The number of aromatic nitrogens is 1. The van der Waals surface area contributed by atoms with E-state index < -0.39 is 11.5 Å². The highest BCUT2D eigenvalue weighted by Gasteiger charge is 2.39. The number of thioether (sulfide) groups is 1. The van der Waals surface area contributed by atoms with E-state index in [4.69, 9.17) is 0 Å². The van der Waals surface area contributed by atoms with Crippen LogP contribution in [0.4, 0.5) is 0 Å². The zero-order valence-corrected chi connectivity index (χ0v) is 11.9. The summed E-state index contributed by atoms with van der Waals surface area (Å²) in [5.74, 6) is -0.533. The van der Waals surface area contributed by atoms with E-state index in [9.17, 15) is 9.90 Å². The van der Waals surface area contributed by atoms with Crippen LogP contribution in [-0.4, -0.2) is 28.9 Å². The minimum Gasteiger partial charge on any atom is -0.480 e. The third-order valence-corrected chi connectivity index (χ3v) is 4.25. The van der Waals surface area contributed by atoms with Gasteiger partial charge in [-0.05, 0) is 24.7 Å². The summed E-state index contributed by atoms with van der Waals surface area (Å²) in [6.07, 6.45) is 1.70. The lowest BCUT2D eigenvalue weighted by Crippen LogP contribution is -2.49. The standard InChI is InChI=1S/C15H16N2O2S/c1-16-15(14(18)19,12-7-3-2-4-8-12)11-20-13-9-5-6-10-17-13/h2-10,16H,11H2,1H3,(H,18,19). The summed E-state index contributed by atoms with van der Waals surface area (Å²) in [5.41, 5.74) is -0.387. The van der Waals surface area contributed by atoms with Gasteiger partial charge in [-0.25, -0.2) is 9.78 Å². The monoisotopic (exact) mass is 288 g/mol. The summed E-state index contributed by atoms with van der Waals surface area (Å²) < 4.78 is 0. The number of hydrogen-bond acceptors (Lipinski definition) is 4. The van der Waals surface area contributed by atoms with E-state index in [2.05, 4.69) is 10.3 Å². The lowest BCUT2D eigenvalue weighted by molar-refractivity contribution is -0.144. The van der Waals surface area contributed by atoms with Crippen molar-refractivity contribution >= 4 is 17.7 Å². The van der Waals surface area contributed by atoms with Crippen molar-refractivity contribution in [3.05, 3.63) is 60.3 Å². The molecule has 0 spiro atoms. The van der Waals surface area contributed by atoms with E-state index in [1.807, 2.05) is 48.5 Å². The van der Waals surface area contributed by atoms with Gasteiger partial charge in [-0.3, -0.25) is 0 Å². The topological polar surface area (TPSA) is 62.2 Å². The van der Waals surface area contributed by atoms with Crippen LogP contribution in [0.15, 0.2) is 59.8 Å². The van der Waals surface area contributed by atoms with E-state index >= 15 is 0 Å². The Bertz CT molecular complexity index is 563. The van der Waals surface area contributed by atoms with Gasteiger partial charge in [-0.15, -0.1) is 11.8 Å². The van der Waals surface area contributed by atoms with E-state index in [-0.39, 0.29) is 0 Å². The second-order valence-corrected chi connectivity index (χ2v) is 5.28. The number of carboxylic acids is 1. The summed E-state index contributed by atoms with van der Waals surface area (Å²) in [6, 6.07) is 14.8. The van der Waals surface area contributed by atoms with E-state index in [1.165, 1.54) is 11.8 Å². The minimum absolute atomic E-state index is 0.361. The lowest BCUT2D eigenvalue weighted by atomic mass is 9.92. The predicted molar refractivity (Wildman–Crippen MR) is 79.8 cm³/mol. The number of aliphatic carboxylic acids is 1. The van der Waals surface area contributed by atoms with Gasteiger partial charge in [0, 0.05) is 11.9 Å². The quantitative estimate of drug-likeness (QED) is 0.799. The Morgan fingerprint density at radius 2 is 1.95 bits per heavy atom. The molecule has 0 radical (unpaired) electrons. The van der Waals surface area contributed by atoms with Gasteiger partial charge in [-0.2, -0.15) is 0 Å². The van der Waals surface area contributed by atoms with Crippen molar-refractivity contribution in [2.75, 3.05) is 12.8 Å². The first-order valence-corrected chi connectivity index (χ1v) is 7.19. The van der Waals surface area contributed by atoms with Gasteiger partial charge in [-0.1, -0.05) is 36.4 Å². The first kappa shape index (κ1) is 14.6. The highest BCUT2D eigenvalue weighted by atomic mass is 32.2. The minimum atomic E-state index is -1.12. The number of benzene rings is 1. The molecular formula is C15H16N2O2S. The van der Waals surface area contributed by atoms with Crippen molar-refractivity contribution in [3.8, 4) is 0 Å². The first-order chi connectivity index (χ1) is 9.69. The van der Waals surface area contributed by atoms with Gasteiger partial charge in [0.1, 0.15) is 0 Å². The largest absolute Gasteiger partial charge is 0.480 e. The van der Waals surface area contributed by atoms with Gasteiger partial charge < -0.3 is 10.4 Å². The van der Waals surface area contributed by atoms with Crippen molar-refractivity contribution in [1.82, 2.24) is 10.3 Å².